The monoisotopic (exact) mass is 544 g/mol. The van der Waals surface area contributed by atoms with E-state index >= 15 is 0 Å². The van der Waals surface area contributed by atoms with Crippen LogP contribution in [0, 0.1) is 0 Å². The zero-order valence-corrected chi connectivity index (χ0v) is 22.5. The van der Waals surface area contributed by atoms with Crippen molar-refractivity contribution in [2.45, 2.75) is 26.0 Å². The van der Waals surface area contributed by atoms with Crippen LogP contribution in [0.4, 0.5) is 0 Å². The topological polar surface area (TPSA) is 69.9 Å². The summed E-state index contributed by atoms with van der Waals surface area (Å²) in [7, 11) is 1.35. The van der Waals surface area contributed by atoms with Gasteiger partial charge in [0.15, 0.2) is 4.80 Å². The number of benzene rings is 3. The quantitative estimate of drug-likeness (QED) is 0.306. The molecule has 0 fully saturated rings. The molecule has 6 nitrogen and oxygen atoms in total. The Hall–Kier alpha value is -3.94. The molecule has 0 spiro atoms. The standard InChI is InChI=1S/C30H25ClN2O4S/c1-3-24-26(29(35)36-2)27(21-9-5-4-6-10-21)33-28(34)25(38-30(33)32-24)17-20-8-7-11-23(16-20)37-18-19-12-14-22(31)15-13-19/h4-17,27H,3,18H2,1-2H3/b25-17+/t27-/m0/s1. The van der Waals surface area contributed by atoms with Crippen molar-refractivity contribution in [2.75, 3.05) is 7.11 Å². The van der Waals surface area contributed by atoms with Gasteiger partial charge in [-0.05, 0) is 53.5 Å². The van der Waals surface area contributed by atoms with Crippen molar-refractivity contribution < 1.29 is 14.3 Å². The molecule has 8 heteroatoms. The molecule has 0 aliphatic carbocycles. The Morgan fingerprint density at radius 2 is 1.84 bits per heavy atom. The SMILES string of the molecule is CCC1=C(C(=O)OC)[C@H](c2ccccc2)n2c(s/c(=C/c3cccc(OCc4ccc(Cl)cc4)c3)c2=O)=N1. The molecule has 3 aromatic carbocycles. The van der Waals surface area contributed by atoms with E-state index in [1.807, 2.05) is 91.9 Å². The molecule has 5 rings (SSSR count). The third-order valence-electron chi connectivity index (χ3n) is 6.24. The van der Waals surface area contributed by atoms with Crippen LogP contribution in [0.5, 0.6) is 5.75 Å². The third-order valence-corrected chi connectivity index (χ3v) is 7.48. The predicted octanol–water partition coefficient (Wildman–Crippen LogP) is 5.03. The molecule has 0 saturated carbocycles. The smallest absolute Gasteiger partial charge is 0.338 e. The number of halogens is 1. The summed E-state index contributed by atoms with van der Waals surface area (Å²) in [5.41, 5.74) is 3.43. The summed E-state index contributed by atoms with van der Waals surface area (Å²) in [6.45, 7) is 2.34. The number of esters is 1. The van der Waals surface area contributed by atoms with Crippen LogP contribution in [-0.2, 0) is 16.1 Å². The lowest BCUT2D eigenvalue weighted by Gasteiger charge is -2.25. The van der Waals surface area contributed by atoms with Crippen molar-refractivity contribution in [3.63, 3.8) is 0 Å². The molecule has 38 heavy (non-hydrogen) atoms. The van der Waals surface area contributed by atoms with E-state index < -0.39 is 12.0 Å². The van der Waals surface area contributed by atoms with Gasteiger partial charge in [-0.3, -0.25) is 9.36 Å². The number of methoxy groups -OCH3 is 1. The van der Waals surface area contributed by atoms with Crippen molar-refractivity contribution >= 4 is 35.0 Å². The molecule has 0 radical (unpaired) electrons. The van der Waals surface area contributed by atoms with Gasteiger partial charge in [-0.1, -0.05) is 84.5 Å². The van der Waals surface area contributed by atoms with Gasteiger partial charge in [0.05, 0.1) is 29.0 Å². The molecule has 0 saturated heterocycles. The molecule has 0 amide bonds. The van der Waals surface area contributed by atoms with E-state index in [2.05, 4.69) is 0 Å². The summed E-state index contributed by atoms with van der Waals surface area (Å²) in [6.07, 6.45) is 2.36. The molecule has 4 aromatic rings. The van der Waals surface area contributed by atoms with Gasteiger partial charge in [0.1, 0.15) is 12.4 Å². The van der Waals surface area contributed by atoms with Gasteiger partial charge in [0.25, 0.3) is 5.56 Å². The highest BCUT2D eigenvalue weighted by Crippen LogP contribution is 2.31. The second kappa shape index (κ2) is 11.2. The van der Waals surface area contributed by atoms with Gasteiger partial charge >= 0.3 is 5.97 Å². The minimum Gasteiger partial charge on any atom is -0.489 e. The lowest BCUT2D eigenvalue weighted by atomic mass is 9.95. The van der Waals surface area contributed by atoms with Crippen LogP contribution >= 0.6 is 22.9 Å². The van der Waals surface area contributed by atoms with Gasteiger partial charge in [-0.15, -0.1) is 0 Å². The largest absolute Gasteiger partial charge is 0.489 e. The molecular weight excluding hydrogens is 520 g/mol. The van der Waals surface area contributed by atoms with E-state index in [1.54, 1.807) is 4.57 Å². The lowest BCUT2D eigenvalue weighted by molar-refractivity contribution is -0.136. The number of rotatable bonds is 7. The third kappa shape index (κ3) is 5.21. The second-order valence-corrected chi connectivity index (χ2v) is 10.1. The van der Waals surface area contributed by atoms with Crippen molar-refractivity contribution in [3.8, 4) is 5.75 Å². The van der Waals surface area contributed by atoms with E-state index in [4.69, 9.17) is 26.1 Å². The number of ether oxygens (including phenoxy) is 2. The van der Waals surface area contributed by atoms with E-state index in [1.165, 1.54) is 18.4 Å². The van der Waals surface area contributed by atoms with Crippen LogP contribution in [0.1, 0.15) is 36.1 Å². The minimum atomic E-state index is -0.619. The highest BCUT2D eigenvalue weighted by molar-refractivity contribution is 7.07. The number of carbonyl (C=O) groups excluding carboxylic acids is 1. The maximum atomic E-state index is 13.7. The molecule has 2 heterocycles. The molecule has 1 aromatic heterocycles. The molecular formula is C30H25ClN2O4S. The highest BCUT2D eigenvalue weighted by atomic mass is 35.5. The Labute approximate surface area is 228 Å². The van der Waals surface area contributed by atoms with E-state index in [9.17, 15) is 9.59 Å². The first-order chi connectivity index (χ1) is 18.5. The average molecular weight is 545 g/mol. The van der Waals surface area contributed by atoms with E-state index in [-0.39, 0.29) is 5.56 Å². The zero-order chi connectivity index (χ0) is 26.6. The Morgan fingerprint density at radius 1 is 1.08 bits per heavy atom. The maximum Gasteiger partial charge on any atom is 0.338 e. The molecule has 0 bridgehead atoms. The maximum absolute atomic E-state index is 13.7. The Kier molecular flexibility index (Phi) is 7.58. The van der Waals surface area contributed by atoms with E-state index in [0.717, 1.165) is 16.7 Å². The van der Waals surface area contributed by atoms with Crippen LogP contribution < -0.4 is 19.6 Å². The minimum absolute atomic E-state index is 0.216. The van der Waals surface area contributed by atoms with Crippen LogP contribution in [0.2, 0.25) is 5.02 Å². The number of hydrogen-bond donors (Lipinski definition) is 0. The van der Waals surface area contributed by atoms with Gasteiger partial charge in [-0.2, -0.15) is 0 Å². The van der Waals surface area contributed by atoms with Gasteiger partial charge in [-0.25, -0.2) is 9.79 Å². The predicted molar refractivity (Wildman–Crippen MR) is 149 cm³/mol. The average Bonchev–Trinajstić information content (AvgIpc) is 3.26. The number of aromatic nitrogens is 1. The Bertz CT molecular complexity index is 1690. The van der Waals surface area contributed by atoms with Crippen LogP contribution in [-0.4, -0.2) is 17.6 Å². The number of fused-ring (bicyclic) bond motifs is 1. The second-order valence-electron chi connectivity index (χ2n) is 8.69. The summed E-state index contributed by atoms with van der Waals surface area (Å²) in [6, 6.07) is 23.9. The van der Waals surface area contributed by atoms with Crippen molar-refractivity contribution in [2.24, 2.45) is 4.99 Å². The molecule has 0 N–H and O–H groups in total. The molecule has 1 atom stereocenters. The fraction of sp³-hybridized carbons (Fsp3) is 0.167. The van der Waals surface area contributed by atoms with Crippen LogP contribution in [0.3, 0.4) is 0 Å². The normalized spacial score (nSPS) is 15.1. The van der Waals surface area contributed by atoms with Gasteiger partial charge in [0.2, 0.25) is 0 Å². The summed E-state index contributed by atoms with van der Waals surface area (Å²) in [5, 5.41) is 0.677. The lowest BCUT2D eigenvalue weighted by Crippen LogP contribution is -2.40. The summed E-state index contributed by atoms with van der Waals surface area (Å²) >= 11 is 7.27. The van der Waals surface area contributed by atoms with Crippen LogP contribution in [0.15, 0.2) is 99.9 Å². The Morgan fingerprint density at radius 3 is 2.55 bits per heavy atom. The fourth-order valence-electron chi connectivity index (χ4n) is 4.41. The first-order valence-corrected chi connectivity index (χ1v) is 13.3. The van der Waals surface area contributed by atoms with Gasteiger partial charge in [0, 0.05) is 5.02 Å². The number of carbonyl (C=O) groups is 1. The molecule has 1 aliphatic rings. The highest BCUT2D eigenvalue weighted by Gasteiger charge is 2.33. The molecule has 0 unspecified atom stereocenters. The van der Waals surface area contributed by atoms with E-state index in [0.29, 0.717) is 44.4 Å². The van der Waals surface area contributed by atoms with Gasteiger partial charge < -0.3 is 9.47 Å². The summed E-state index contributed by atoms with van der Waals surface area (Å²) in [4.78, 5) is 31.9. The summed E-state index contributed by atoms with van der Waals surface area (Å²) in [5.74, 6) is 0.198. The fourth-order valence-corrected chi connectivity index (χ4v) is 5.55. The Balaban J connectivity index is 1.55. The number of hydrogen-bond acceptors (Lipinski definition) is 6. The summed E-state index contributed by atoms with van der Waals surface area (Å²) < 4.78 is 13.2. The first-order valence-electron chi connectivity index (χ1n) is 12.1. The van der Waals surface area contributed by atoms with Crippen molar-refractivity contribution in [1.82, 2.24) is 4.57 Å². The molecule has 1 aliphatic heterocycles. The zero-order valence-electron chi connectivity index (χ0n) is 20.9. The van der Waals surface area contributed by atoms with Crippen molar-refractivity contribution in [3.05, 3.63) is 132 Å². The first kappa shape index (κ1) is 25.7. The number of nitrogens with zero attached hydrogens (tertiary/aromatic N) is 2. The number of allylic oxidation sites excluding steroid dienone is 1. The molecule has 192 valence electrons. The van der Waals surface area contributed by atoms with Crippen LogP contribution in [0.25, 0.3) is 6.08 Å². The number of thiazole rings is 1. The van der Waals surface area contributed by atoms with Crippen molar-refractivity contribution in [1.29, 1.82) is 0 Å².